The third-order valence-corrected chi connectivity index (χ3v) is 4.05. The van der Waals surface area contributed by atoms with E-state index in [0.29, 0.717) is 5.82 Å². The van der Waals surface area contributed by atoms with Gasteiger partial charge < -0.3 is 31.0 Å². The summed E-state index contributed by atoms with van der Waals surface area (Å²) in [5.41, 5.74) is 20.2. The van der Waals surface area contributed by atoms with Gasteiger partial charge in [-0.15, -0.1) is 0 Å². The molecule has 6 N–H and O–H groups in total. The second-order valence-electron chi connectivity index (χ2n) is 5.60. The van der Waals surface area contributed by atoms with Gasteiger partial charge in [0.25, 0.3) is 5.91 Å². The van der Waals surface area contributed by atoms with Gasteiger partial charge in [-0.25, -0.2) is 9.97 Å². The first-order chi connectivity index (χ1) is 11.9. The van der Waals surface area contributed by atoms with Gasteiger partial charge in [-0.3, -0.25) is 4.79 Å². The van der Waals surface area contributed by atoms with Crippen LogP contribution < -0.4 is 11.5 Å². The fraction of sp³-hybridized carbons (Fsp3) is 0.462. The zero-order valence-corrected chi connectivity index (χ0v) is 13.1. The maximum absolute atomic E-state index is 11.7. The fourth-order valence-corrected chi connectivity index (χ4v) is 2.98. The quantitative estimate of drug-likeness (QED) is 0.319. The zero-order chi connectivity index (χ0) is 18.3. The summed E-state index contributed by atoms with van der Waals surface area (Å²) in [6.07, 6.45) is -1.90. The Labute approximate surface area is 140 Å². The molecule has 4 atom stereocenters. The van der Waals surface area contributed by atoms with E-state index in [0.717, 1.165) is 0 Å². The summed E-state index contributed by atoms with van der Waals surface area (Å²) < 4.78 is 6.98. The Bertz CT molecular complexity index is 890. The number of anilines is 1. The van der Waals surface area contributed by atoms with Crippen LogP contribution in [0.5, 0.6) is 0 Å². The van der Waals surface area contributed by atoms with Crippen LogP contribution in [-0.2, 0) is 4.74 Å². The van der Waals surface area contributed by atoms with Gasteiger partial charge in [0.15, 0.2) is 6.23 Å². The van der Waals surface area contributed by atoms with Crippen LogP contribution in [0.4, 0.5) is 5.82 Å². The molecule has 0 bridgehead atoms. The molecule has 1 aliphatic rings. The van der Waals surface area contributed by atoms with E-state index < -0.39 is 37.0 Å². The number of fused-ring (bicyclic) bond motifs is 1. The molecule has 3 heterocycles. The van der Waals surface area contributed by atoms with Crippen LogP contribution in [0.15, 0.2) is 11.3 Å². The first-order valence-electron chi connectivity index (χ1n) is 7.32. The van der Waals surface area contributed by atoms with Crippen molar-refractivity contribution in [2.24, 2.45) is 10.8 Å². The van der Waals surface area contributed by atoms with Crippen molar-refractivity contribution in [3.8, 4) is 0 Å². The van der Waals surface area contributed by atoms with Gasteiger partial charge in [0, 0.05) is 11.1 Å². The molecule has 0 spiro atoms. The molecule has 132 valence electrons. The molecule has 0 saturated carbocycles. The van der Waals surface area contributed by atoms with Crippen molar-refractivity contribution < 1.29 is 19.7 Å². The number of aliphatic hydroxyl groups is 2. The van der Waals surface area contributed by atoms with Crippen LogP contribution >= 0.6 is 0 Å². The predicted octanol–water partition coefficient (Wildman–Crippen LogP) is -0.650. The second-order valence-corrected chi connectivity index (χ2v) is 5.60. The summed E-state index contributed by atoms with van der Waals surface area (Å²) in [6.45, 7) is 1.15. The number of nitrogen functional groups attached to an aromatic ring is 1. The number of nitrogens with zero attached hydrogens (tertiary/aromatic N) is 6. The van der Waals surface area contributed by atoms with Gasteiger partial charge in [-0.1, -0.05) is 5.11 Å². The standard InChI is InChI=1S/C13H16N8O4/c1-4-17-10(14)7-5(11(15)24)2-21(12(7)18-4)13-9(23)8(19-20-16)6(3-22)25-13/h2,6,8-9,13,22-23H,3H2,1H3,(H2,15,24)(H2,14,17,18)/t6-,8-,9-,13-/m1/s1. The monoisotopic (exact) mass is 348 g/mol. The van der Waals surface area contributed by atoms with E-state index in [9.17, 15) is 15.0 Å². The molecule has 1 saturated heterocycles. The van der Waals surface area contributed by atoms with Crippen molar-refractivity contribution in [2.45, 2.75) is 31.4 Å². The Kier molecular flexibility index (Phi) is 4.18. The highest BCUT2D eigenvalue weighted by Gasteiger charge is 2.44. The lowest BCUT2D eigenvalue weighted by atomic mass is 10.1. The van der Waals surface area contributed by atoms with Gasteiger partial charge in [0.1, 0.15) is 23.4 Å². The van der Waals surface area contributed by atoms with Crippen molar-refractivity contribution in [3.63, 3.8) is 0 Å². The van der Waals surface area contributed by atoms with Crippen LogP contribution in [0, 0.1) is 6.92 Å². The summed E-state index contributed by atoms with van der Waals surface area (Å²) in [4.78, 5) is 22.7. The summed E-state index contributed by atoms with van der Waals surface area (Å²) in [5.74, 6) is -0.341. The molecule has 1 amide bonds. The molecule has 0 aliphatic carbocycles. The molecule has 0 radical (unpaired) electrons. The highest BCUT2D eigenvalue weighted by atomic mass is 16.5. The zero-order valence-electron chi connectivity index (χ0n) is 13.1. The molecule has 12 heteroatoms. The van der Waals surface area contributed by atoms with Crippen LogP contribution in [0.2, 0.25) is 0 Å². The van der Waals surface area contributed by atoms with Crippen molar-refractivity contribution in [1.82, 2.24) is 14.5 Å². The Morgan fingerprint density at radius 3 is 2.88 bits per heavy atom. The SMILES string of the molecule is Cc1nc(N)c2c(C(N)=O)cn([C@@H]3O[C@H](CO)[C@@H](N=[N+]=[N-])[C@H]3O)c2n1. The van der Waals surface area contributed by atoms with E-state index in [1.54, 1.807) is 6.92 Å². The summed E-state index contributed by atoms with van der Waals surface area (Å²) in [7, 11) is 0. The minimum atomic E-state index is -1.28. The van der Waals surface area contributed by atoms with E-state index >= 15 is 0 Å². The number of carbonyl (C=O) groups excluding carboxylic acids is 1. The first-order valence-corrected chi connectivity index (χ1v) is 7.32. The van der Waals surface area contributed by atoms with E-state index in [1.165, 1.54) is 10.8 Å². The van der Waals surface area contributed by atoms with Gasteiger partial charge >= 0.3 is 0 Å². The Morgan fingerprint density at radius 2 is 2.28 bits per heavy atom. The smallest absolute Gasteiger partial charge is 0.251 e. The molecule has 12 nitrogen and oxygen atoms in total. The average molecular weight is 348 g/mol. The number of nitrogens with two attached hydrogens (primary N) is 2. The van der Waals surface area contributed by atoms with E-state index in [2.05, 4.69) is 20.0 Å². The minimum absolute atomic E-state index is 0.0628. The Morgan fingerprint density at radius 1 is 1.56 bits per heavy atom. The molecule has 2 aromatic heterocycles. The number of ether oxygens (including phenoxy) is 1. The fourth-order valence-electron chi connectivity index (χ4n) is 2.98. The maximum Gasteiger partial charge on any atom is 0.251 e. The van der Waals surface area contributed by atoms with Crippen molar-refractivity contribution in [2.75, 3.05) is 12.3 Å². The van der Waals surface area contributed by atoms with Crippen LogP contribution in [-0.4, -0.2) is 55.5 Å². The lowest BCUT2D eigenvalue weighted by Gasteiger charge is -2.17. The molecule has 3 rings (SSSR count). The van der Waals surface area contributed by atoms with Crippen LogP contribution in [0.25, 0.3) is 21.5 Å². The topological polar surface area (TPSA) is 198 Å². The molecule has 1 aliphatic heterocycles. The average Bonchev–Trinajstić information content (AvgIpc) is 3.07. The van der Waals surface area contributed by atoms with Gasteiger partial charge in [0.05, 0.1) is 29.7 Å². The number of rotatable bonds is 4. The van der Waals surface area contributed by atoms with Gasteiger partial charge in [-0.05, 0) is 12.5 Å². The number of hydrogen-bond donors (Lipinski definition) is 4. The van der Waals surface area contributed by atoms with E-state index in [1.807, 2.05) is 0 Å². The lowest BCUT2D eigenvalue weighted by molar-refractivity contribution is -0.0486. The number of aromatic nitrogens is 3. The summed E-state index contributed by atoms with van der Waals surface area (Å²) >= 11 is 0. The first kappa shape index (κ1) is 16.9. The van der Waals surface area contributed by atoms with Gasteiger partial charge in [-0.2, -0.15) is 0 Å². The predicted molar refractivity (Wildman–Crippen MR) is 85.1 cm³/mol. The molecule has 2 aromatic rings. The number of aryl methyl sites for hydroxylation is 1. The number of primary amides is 1. The van der Waals surface area contributed by atoms with Crippen molar-refractivity contribution in [3.05, 3.63) is 28.0 Å². The molecule has 1 fully saturated rings. The van der Waals surface area contributed by atoms with E-state index in [-0.39, 0.29) is 22.4 Å². The minimum Gasteiger partial charge on any atom is -0.394 e. The highest BCUT2D eigenvalue weighted by molar-refractivity contribution is 6.08. The van der Waals surface area contributed by atoms with Crippen molar-refractivity contribution >= 4 is 22.8 Å². The third-order valence-electron chi connectivity index (χ3n) is 4.05. The molecule has 0 unspecified atom stereocenters. The van der Waals surface area contributed by atoms with Crippen LogP contribution in [0.3, 0.4) is 0 Å². The number of amides is 1. The van der Waals surface area contributed by atoms with Gasteiger partial charge in [0.2, 0.25) is 0 Å². The third kappa shape index (κ3) is 2.62. The molecule has 25 heavy (non-hydrogen) atoms. The lowest BCUT2D eigenvalue weighted by Crippen LogP contribution is -2.31. The van der Waals surface area contributed by atoms with E-state index in [4.69, 9.17) is 21.7 Å². The Hall–Kier alpha value is -2.92. The Balaban J connectivity index is 2.19. The second kappa shape index (κ2) is 6.18. The maximum atomic E-state index is 11.7. The summed E-state index contributed by atoms with van der Waals surface area (Å²) in [6, 6.07) is -1.00. The highest BCUT2D eigenvalue weighted by Crippen LogP contribution is 2.35. The normalized spacial score (nSPS) is 25.9. The summed E-state index contributed by atoms with van der Waals surface area (Å²) in [5, 5.41) is 23.6. The molecular formula is C13H16N8O4. The van der Waals surface area contributed by atoms with Crippen molar-refractivity contribution in [1.29, 1.82) is 0 Å². The van der Waals surface area contributed by atoms with Crippen LogP contribution in [0.1, 0.15) is 22.4 Å². The largest absolute Gasteiger partial charge is 0.394 e. The number of azide groups is 1. The number of carbonyl (C=O) groups is 1. The number of aliphatic hydroxyl groups excluding tert-OH is 2. The molecule has 0 aromatic carbocycles. The molecular weight excluding hydrogens is 332 g/mol. The number of hydrogen-bond acceptors (Lipinski definition) is 8.